The predicted molar refractivity (Wildman–Crippen MR) is 226 cm³/mol. The van der Waals surface area contributed by atoms with Crippen LogP contribution in [0.2, 0.25) is 0 Å². The zero-order valence-electron chi connectivity index (χ0n) is 34.6. The molecule has 1 amide bonds. The Morgan fingerprint density at radius 3 is 2.31 bits per heavy atom. The number of ether oxygens (including phenoxy) is 3. The molecule has 2 heterocycles. The first kappa shape index (κ1) is 45.0. The number of aliphatic hydroxyl groups excluding tert-OH is 3. The normalized spacial score (nSPS) is 18.4. The number of aromatic hydroxyl groups is 1. The molecule has 2 aromatic carbocycles. The number of ketones is 1. The third-order valence-electron chi connectivity index (χ3n) is 11.2. The van der Waals surface area contributed by atoms with Gasteiger partial charge >= 0.3 is 5.97 Å². The number of benzene rings is 3. The van der Waals surface area contributed by atoms with Crippen molar-refractivity contribution in [1.29, 1.82) is 0 Å². The summed E-state index contributed by atoms with van der Waals surface area (Å²) >= 11 is 3.43. The Morgan fingerprint density at radius 2 is 1.68 bits per heavy atom. The summed E-state index contributed by atoms with van der Waals surface area (Å²) in [4.78, 5) is 58.6. The maximum atomic E-state index is 14.3. The van der Waals surface area contributed by atoms with Crippen LogP contribution < -0.4 is 15.5 Å². The molecule has 0 fully saturated rings. The number of phenolic OH excluding ortho intramolecular Hbond substituents is 1. The van der Waals surface area contributed by atoms with E-state index >= 15 is 0 Å². The molecular weight excluding hydrogens is 828 g/mol. The van der Waals surface area contributed by atoms with Crippen molar-refractivity contribution in [3.63, 3.8) is 0 Å². The number of halogens is 1. The number of methoxy groups -OCH3 is 1. The fourth-order valence-corrected chi connectivity index (χ4v) is 8.02. The molecule has 14 nitrogen and oxygen atoms in total. The number of hydrogen-bond acceptors (Lipinski definition) is 13. The Bertz CT molecular complexity index is 2420. The maximum Gasteiger partial charge on any atom is 0.302 e. The quantitative estimate of drug-likeness (QED) is 0.0210. The highest BCUT2D eigenvalue weighted by Crippen LogP contribution is 2.50. The van der Waals surface area contributed by atoms with Crippen molar-refractivity contribution < 1.29 is 53.4 Å². The van der Waals surface area contributed by atoms with E-state index in [9.17, 15) is 39.6 Å². The minimum Gasteiger partial charge on any atom is -0.516 e. The lowest BCUT2D eigenvalue weighted by Gasteiger charge is -2.37. The number of Topliss-reactive ketones (excluding diaryl/α,β-unsaturated/α-hetero) is 1. The van der Waals surface area contributed by atoms with Gasteiger partial charge in [-0.15, -0.1) is 0 Å². The van der Waals surface area contributed by atoms with Crippen molar-refractivity contribution in [3.05, 3.63) is 80.2 Å². The molecule has 5 N–H and O–H groups in total. The molecule has 0 unspecified atom stereocenters. The fraction of sp³-hybridized carbons (Fsp3) is 0.432. The highest BCUT2D eigenvalue weighted by atomic mass is 79.9. The first-order valence-electron chi connectivity index (χ1n) is 19.2. The van der Waals surface area contributed by atoms with Gasteiger partial charge in [-0.3, -0.25) is 19.2 Å². The van der Waals surface area contributed by atoms with Crippen LogP contribution in [0, 0.1) is 30.6 Å². The minimum atomic E-state index is -1.29. The standard InChI is InChI=1S/C44H51BrN2O12/c1-19(35(50)22(4)36(51)23(5)39(57-25(7)49)21(3)28(56-10)16-17-48)12-11-13-20(2)43(55)47-34-38(53)31-30(32-40(24(6)37(31)52)59-44(8,9)42(32)54)33-41(34)58-29-15-14-26(45)18-27(29)46-33/h11-19,21-23,28,35-36,39,48,50-52H,1-10H3,(H,47,55)/b12-11+,17-16+,20-13-/t19-,21+,22+,23+,28-,35-,36+,39+/m0/s1. The maximum absolute atomic E-state index is 14.3. The van der Waals surface area contributed by atoms with E-state index in [1.54, 1.807) is 71.9 Å². The predicted octanol–water partition coefficient (Wildman–Crippen LogP) is 7.30. The van der Waals surface area contributed by atoms with E-state index in [0.717, 1.165) is 6.26 Å². The summed E-state index contributed by atoms with van der Waals surface area (Å²) in [6.07, 6.45) is 3.35. The number of esters is 1. The smallest absolute Gasteiger partial charge is 0.302 e. The second-order valence-electron chi connectivity index (χ2n) is 15.8. The van der Waals surface area contributed by atoms with Gasteiger partial charge in [0.1, 0.15) is 34.5 Å². The van der Waals surface area contributed by atoms with Crippen LogP contribution in [0.5, 0.6) is 11.5 Å². The molecule has 1 aliphatic carbocycles. The second kappa shape index (κ2) is 17.6. The molecule has 0 spiro atoms. The number of carbonyl (C=O) groups excluding carboxylic acids is 3. The molecule has 0 saturated carbocycles. The van der Waals surface area contributed by atoms with E-state index in [-0.39, 0.29) is 55.9 Å². The molecular formula is C44H51BrN2O12. The topological polar surface area (TPSA) is 215 Å². The molecule has 0 radical (unpaired) electrons. The number of hydrogen-bond donors (Lipinski definition) is 5. The lowest BCUT2D eigenvalue weighted by molar-refractivity contribution is -0.160. The van der Waals surface area contributed by atoms with Crippen molar-refractivity contribution in [3.8, 4) is 23.0 Å². The van der Waals surface area contributed by atoms with Gasteiger partial charge in [0.15, 0.2) is 16.9 Å². The number of nitrogens with zero attached hydrogens (tertiary/aromatic N) is 1. The number of fused-ring (bicyclic) bond motifs is 6. The Morgan fingerprint density at radius 1 is 1.00 bits per heavy atom. The van der Waals surface area contributed by atoms with Crippen LogP contribution in [-0.2, 0) is 19.1 Å². The number of amides is 1. The van der Waals surface area contributed by atoms with Crippen LogP contribution in [0.4, 0.5) is 5.69 Å². The van der Waals surface area contributed by atoms with Gasteiger partial charge in [0.2, 0.25) is 11.2 Å². The molecule has 5 rings (SSSR count). The number of anilines is 1. The minimum absolute atomic E-state index is 0.0493. The van der Waals surface area contributed by atoms with Gasteiger partial charge in [0.25, 0.3) is 5.91 Å². The van der Waals surface area contributed by atoms with Crippen molar-refractivity contribution in [1.82, 2.24) is 4.98 Å². The number of allylic oxidation sites excluding steroid dienone is 2. The first-order chi connectivity index (χ1) is 27.7. The van der Waals surface area contributed by atoms with Crippen LogP contribution in [0.3, 0.4) is 0 Å². The van der Waals surface area contributed by atoms with E-state index < -0.39 is 82.5 Å². The van der Waals surface area contributed by atoms with Gasteiger partial charge in [-0.2, -0.15) is 0 Å². The molecule has 0 bridgehead atoms. The van der Waals surface area contributed by atoms with Crippen molar-refractivity contribution in [2.45, 2.75) is 92.3 Å². The molecule has 3 aliphatic rings. The van der Waals surface area contributed by atoms with Crippen molar-refractivity contribution in [2.24, 2.45) is 23.7 Å². The number of phenols is 1. The fourth-order valence-electron chi connectivity index (χ4n) is 7.67. The molecule has 59 heavy (non-hydrogen) atoms. The molecule has 0 aromatic heterocycles. The third-order valence-corrected chi connectivity index (χ3v) is 11.7. The van der Waals surface area contributed by atoms with Gasteiger partial charge in [-0.1, -0.05) is 61.9 Å². The second-order valence-corrected chi connectivity index (χ2v) is 16.7. The summed E-state index contributed by atoms with van der Waals surface area (Å²) in [6, 6.07) is 5.05. The lowest BCUT2D eigenvalue weighted by atomic mass is 9.78. The Labute approximate surface area is 350 Å². The van der Waals surface area contributed by atoms with Crippen LogP contribution in [0.15, 0.2) is 68.0 Å². The van der Waals surface area contributed by atoms with E-state index in [2.05, 4.69) is 21.2 Å². The Hall–Kier alpha value is -5.09. The average molecular weight is 880 g/mol. The van der Waals surface area contributed by atoms with Gasteiger partial charge < -0.3 is 44.4 Å². The highest BCUT2D eigenvalue weighted by molar-refractivity contribution is 9.10. The zero-order chi connectivity index (χ0) is 43.8. The van der Waals surface area contributed by atoms with Gasteiger partial charge in [0, 0.05) is 58.7 Å². The third kappa shape index (κ3) is 8.65. The van der Waals surface area contributed by atoms with Crippen LogP contribution in [0.1, 0.15) is 71.3 Å². The van der Waals surface area contributed by atoms with Crippen molar-refractivity contribution in [2.75, 3.05) is 12.4 Å². The van der Waals surface area contributed by atoms with Crippen molar-refractivity contribution >= 4 is 61.1 Å². The first-order valence-corrected chi connectivity index (χ1v) is 20.0. The van der Waals surface area contributed by atoms with E-state index in [1.165, 1.54) is 40.0 Å². The summed E-state index contributed by atoms with van der Waals surface area (Å²) in [6.45, 7) is 14.4. The number of nitrogens with one attached hydrogen (secondary N) is 1. The number of carbonyl (C=O) groups is 3. The lowest BCUT2D eigenvalue weighted by Crippen LogP contribution is -2.46. The van der Waals surface area contributed by atoms with E-state index in [0.29, 0.717) is 9.99 Å². The van der Waals surface area contributed by atoms with E-state index in [1.807, 2.05) is 0 Å². The summed E-state index contributed by atoms with van der Waals surface area (Å²) in [5.74, 6) is -4.37. The molecule has 2 aromatic rings. The molecule has 2 aliphatic heterocycles. The van der Waals surface area contributed by atoms with Crippen LogP contribution >= 0.6 is 15.9 Å². The molecule has 316 valence electrons. The molecule has 8 atom stereocenters. The SMILES string of the molecule is CO[C@@H](/C=C/O)[C@@H](C)[C@@H](OC(C)=O)[C@H](C)[C@H](O)[C@H](C)[C@@H](O)[C@@H](C)/C=C/C=C(/C)C(=O)Nc1c2oc3ccc(Br)cc3nc-2c2c3c(c(C)c(O)c2c1=O)OC(C)(C)C3=O. The number of rotatable bonds is 14. The summed E-state index contributed by atoms with van der Waals surface area (Å²) in [7, 11) is 1.45. The summed E-state index contributed by atoms with van der Waals surface area (Å²) in [5.41, 5.74) is -1.21. The van der Waals surface area contributed by atoms with Crippen LogP contribution in [-0.4, -0.2) is 80.2 Å². The average Bonchev–Trinajstić information content (AvgIpc) is 3.44. The largest absolute Gasteiger partial charge is 0.516 e. The summed E-state index contributed by atoms with van der Waals surface area (Å²) in [5, 5.41) is 45.9. The van der Waals surface area contributed by atoms with Crippen LogP contribution in [0.25, 0.3) is 33.3 Å². The van der Waals surface area contributed by atoms with Gasteiger partial charge in [-0.25, -0.2) is 4.98 Å². The number of aromatic nitrogens is 1. The monoisotopic (exact) mass is 878 g/mol. The molecule has 0 saturated heterocycles. The number of aliphatic hydroxyl groups is 3. The Kier molecular flexibility index (Phi) is 13.5. The van der Waals surface area contributed by atoms with Gasteiger partial charge in [0.05, 0.1) is 35.5 Å². The zero-order valence-corrected chi connectivity index (χ0v) is 36.2. The van der Waals surface area contributed by atoms with Gasteiger partial charge in [-0.05, 0) is 52.0 Å². The molecule has 15 heteroatoms. The Balaban J connectivity index is 1.44. The summed E-state index contributed by atoms with van der Waals surface area (Å²) < 4.78 is 23.9. The van der Waals surface area contributed by atoms with E-state index in [4.69, 9.17) is 23.6 Å². The highest BCUT2D eigenvalue weighted by Gasteiger charge is 2.45.